The van der Waals surface area contributed by atoms with Crippen LogP contribution in [0.15, 0.2) is 14.5 Å². The fourth-order valence-corrected chi connectivity index (χ4v) is 7.73. The smallest absolute Gasteiger partial charge is 0.498 e. The van der Waals surface area contributed by atoms with Crippen LogP contribution in [0.25, 0.3) is 0 Å². The Morgan fingerprint density at radius 3 is 2.47 bits per heavy atom. The zero-order valence-electron chi connectivity index (χ0n) is 16.4. The lowest BCUT2D eigenvalue weighted by Crippen LogP contribution is -2.43. The lowest BCUT2D eigenvalue weighted by atomic mass is 9.84. The highest BCUT2D eigenvalue weighted by atomic mass is 32.3. The molecule has 2 aliphatic rings. The molecule has 166 valence electrons. The zero-order valence-corrected chi connectivity index (χ0v) is 18.8. The number of fused-ring (bicyclic) bond motifs is 1. The van der Waals surface area contributed by atoms with Crippen molar-refractivity contribution < 1.29 is 35.7 Å². The van der Waals surface area contributed by atoms with Gasteiger partial charge < -0.3 is 14.6 Å². The molecule has 0 unspecified atom stereocenters. The second-order valence-electron chi connectivity index (χ2n) is 7.32. The van der Waals surface area contributed by atoms with Gasteiger partial charge in [0, 0.05) is 17.9 Å². The molecule has 11 nitrogen and oxygen atoms in total. The summed E-state index contributed by atoms with van der Waals surface area (Å²) in [6.07, 6.45) is 0.380. The summed E-state index contributed by atoms with van der Waals surface area (Å²) in [5.74, 6) is -1.05. The van der Waals surface area contributed by atoms with Crippen LogP contribution in [-0.4, -0.2) is 72.7 Å². The number of thiophene rings is 1. The van der Waals surface area contributed by atoms with Crippen molar-refractivity contribution in [3.05, 3.63) is 11.6 Å². The number of carbonyl (C=O) groups is 2. The van der Waals surface area contributed by atoms with Crippen molar-refractivity contribution in [3.63, 3.8) is 0 Å². The molecule has 2 aliphatic heterocycles. The third-order valence-corrected chi connectivity index (χ3v) is 10.1. The van der Waals surface area contributed by atoms with Crippen LogP contribution in [0.4, 0.5) is 0 Å². The number of carbonyl (C=O) groups excluding carboxylic acids is 2. The van der Waals surface area contributed by atoms with E-state index in [4.69, 9.17) is 14.4 Å². The predicted molar refractivity (Wildman–Crippen MR) is 108 cm³/mol. The first kappa shape index (κ1) is 23.2. The molecule has 1 aromatic heterocycles. The first-order valence-electron chi connectivity index (χ1n) is 9.09. The highest BCUT2D eigenvalue weighted by Gasteiger charge is 2.40. The van der Waals surface area contributed by atoms with E-state index in [9.17, 15) is 26.4 Å². The highest BCUT2D eigenvalue weighted by Crippen LogP contribution is 2.42. The molecular weight excluding hydrogens is 457 g/mol. The van der Waals surface area contributed by atoms with Crippen molar-refractivity contribution >= 4 is 50.3 Å². The van der Waals surface area contributed by atoms with E-state index in [1.54, 1.807) is 14.0 Å². The third kappa shape index (κ3) is 5.03. The highest BCUT2D eigenvalue weighted by molar-refractivity contribution is 7.95. The number of likely N-dealkylation sites (N-methyl/N-ethyl adjacent to an activating group) is 1. The number of sulfonamides is 1. The Kier molecular flexibility index (Phi) is 6.60. The molecule has 1 saturated heterocycles. The van der Waals surface area contributed by atoms with Crippen molar-refractivity contribution in [3.8, 4) is 0 Å². The van der Waals surface area contributed by atoms with Gasteiger partial charge in [0.2, 0.25) is 10.0 Å². The molecule has 0 amide bonds. The minimum atomic E-state index is -4.04. The van der Waals surface area contributed by atoms with Gasteiger partial charge in [0.15, 0.2) is 9.84 Å². The van der Waals surface area contributed by atoms with Gasteiger partial charge in [0.25, 0.3) is 0 Å². The molecule has 3 rings (SSSR count). The fourth-order valence-electron chi connectivity index (χ4n) is 3.31. The standard InChI is InChI=1S/C15H22BN3O8S3/c1-9-5-11(10-6-14(30(17,24)25)28-15(10)29(9,22)23)18-4-3-16-26-12(20)7-19(2)8-13(21)27-16/h6,9,11,18H,3-5,7-8H2,1-2H3,(H2,17,24,25)/t9-,11-/m0/s1. The summed E-state index contributed by atoms with van der Waals surface area (Å²) in [6.45, 7) is 1.72. The molecule has 2 atom stereocenters. The first-order chi connectivity index (χ1) is 13.9. The van der Waals surface area contributed by atoms with Gasteiger partial charge in [-0.15, -0.1) is 11.3 Å². The molecule has 3 N–H and O–H groups in total. The number of primary sulfonamides is 1. The van der Waals surface area contributed by atoms with Crippen molar-refractivity contribution in [2.24, 2.45) is 5.14 Å². The average Bonchev–Trinajstić information content (AvgIpc) is 3.04. The van der Waals surface area contributed by atoms with Crippen LogP contribution in [0.1, 0.15) is 24.9 Å². The number of rotatable bonds is 5. The van der Waals surface area contributed by atoms with Crippen molar-refractivity contribution in [1.29, 1.82) is 0 Å². The molecule has 0 radical (unpaired) electrons. The van der Waals surface area contributed by atoms with Crippen LogP contribution in [0.3, 0.4) is 0 Å². The van der Waals surface area contributed by atoms with E-state index >= 15 is 0 Å². The topological polar surface area (TPSA) is 162 Å². The minimum Gasteiger partial charge on any atom is -0.498 e. The minimum absolute atomic E-state index is 0.0189. The Labute approximate surface area is 179 Å². The van der Waals surface area contributed by atoms with Gasteiger partial charge in [-0.2, -0.15) is 0 Å². The predicted octanol–water partition coefficient (Wildman–Crippen LogP) is -0.888. The summed E-state index contributed by atoms with van der Waals surface area (Å²) < 4.78 is 58.6. The molecule has 15 heteroatoms. The van der Waals surface area contributed by atoms with Gasteiger partial charge in [0.1, 0.15) is 8.42 Å². The first-order valence-corrected chi connectivity index (χ1v) is 13.0. The normalized spacial score (nSPS) is 25.1. The van der Waals surface area contributed by atoms with Gasteiger partial charge in [-0.1, -0.05) is 0 Å². The maximum absolute atomic E-state index is 12.6. The van der Waals surface area contributed by atoms with Gasteiger partial charge in [-0.3, -0.25) is 14.5 Å². The quantitative estimate of drug-likeness (QED) is 0.507. The largest absolute Gasteiger partial charge is 0.599 e. The van der Waals surface area contributed by atoms with Gasteiger partial charge >= 0.3 is 19.1 Å². The number of hydrogen-bond acceptors (Lipinski definition) is 11. The average molecular weight is 479 g/mol. The molecule has 0 aliphatic carbocycles. The molecule has 30 heavy (non-hydrogen) atoms. The maximum Gasteiger partial charge on any atom is 0.599 e. The molecule has 1 aromatic rings. The Morgan fingerprint density at radius 1 is 1.30 bits per heavy atom. The maximum atomic E-state index is 12.6. The van der Waals surface area contributed by atoms with Crippen LogP contribution in [-0.2, 0) is 38.8 Å². The van der Waals surface area contributed by atoms with Crippen LogP contribution < -0.4 is 10.5 Å². The fraction of sp³-hybridized carbons (Fsp3) is 0.600. The summed E-state index contributed by atoms with van der Waals surface area (Å²) in [6, 6.07) is 0.832. The summed E-state index contributed by atoms with van der Waals surface area (Å²) in [5, 5.41) is 7.59. The molecule has 0 bridgehead atoms. The van der Waals surface area contributed by atoms with Crippen LogP contribution in [0.5, 0.6) is 0 Å². The molecule has 3 heterocycles. The molecule has 1 fully saturated rings. The molecular formula is C15H22BN3O8S3. The zero-order chi connectivity index (χ0) is 22.3. The lowest BCUT2D eigenvalue weighted by Gasteiger charge is -2.28. The van der Waals surface area contributed by atoms with E-state index in [1.165, 1.54) is 11.0 Å². The van der Waals surface area contributed by atoms with Crippen molar-refractivity contribution in [2.45, 2.75) is 39.4 Å². The molecule has 0 aromatic carbocycles. The number of hydrogen-bond donors (Lipinski definition) is 2. The van der Waals surface area contributed by atoms with Crippen LogP contribution in [0.2, 0.25) is 6.32 Å². The molecule has 0 saturated carbocycles. The Hall–Kier alpha value is -1.52. The Balaban J connectivity index is 1.72. The van der Waals surface area contributed by atoms with Gasteiger partial charge in [0.05, 0.1) is 18.3 Å². The second kappa shape index (κ2) is 8.55. The number of nitrogens with zero attached hydrogens (tertiary/aromatic N) is 1. The van der Waals surface area contributed by atoms with E-state index in [1.807, 2.05) is 0 Å². The number of nitrogens with two attached hydrogens (primary N) is 1. The molecule has 0 spiro atoms. The summed E-state index contributed by atoms with van der Waals surface area (Å²) in [4.78, 5) is 25.1. The SMILES string of the molecule is C[C@H]1C[C@H](NCCB2OC(=O)CN(C)CC(=O)O2)c2cc(S(N)(=O)=O)sc2S1(=O)=O. The number of sulfone groups is 1. The van der Waals surface area contributed by atoms with Crippen molar-refractivity contribution in [1.82, 2.24) is 10.2 Å². The second-order valence-corrected chi connectivity index (χ2v) is 12.7. The third-order valence-electron chi connectivity index (χ3n) is 4.81. The van der Waals surface area contributed by atoms with Crippen LogP contribution in [0, 0.1) is 0 Å². The summed E-state index contributed by atoms with van der Waals surface area (Å²) >= 11 is 0.640. The Morgan fingerprint density at radius 2 is 1.90 bits per heavy atom. The van der Waals surface area contributed by atoms with Gasteiger partial charge in [-0.25, -0.2) is 22.0 Å². The van der Waals surface area contributed by atoms with Crippen LogP contribution >= 0.6 is 11.3 Å². The van der Waals surface area contributed by atoms with Gasteiger partial charge in [-0.05, 0) is 33.0 Å². The van der Waals surface area contributed by atoms with E-state index in [-0.39, 0.29) is 40.8 Å². The van der Waals surface area contributed by atoms with E-state index in [2.05, 4.69) is 5.32 Å². The lowest BCUT2D eigenvalue weighted by molar-refractivity contribution is -0.145. The summed E-state index contributed by atoms with van der Waals surface area (Å²) in [7, 11) is -7.16. The van der Waals surface area contributed by atoms with E-state index in [0.29, 0.717) is 16.9 Å². The number of nitrogens with one attached hydrogen (secondary N) is 1. The Bertz CT molecular complexity index is 1040. The monoisotopic (exact) mass is 479 g/mol. The van der Waals surface area contributed by atoms with E-state index in [0.717, 1.165) is 0 Å². The van der Waals surface area contributed by atoms with Crippen molar-refractivity contribution in [2.75, 3.05) is 26.7 Å². The summed E-state index contributed by atoms with van der Waals surface area (Å²) in [5.41, 5.74) is 0.343. The van der Waals surface area contributed by atoms with E-state index < -0.39 is 50.2 Å².